The minimum atomic E-state index is -1.30. The van der Waals surface area contributed by atoms with Gasteiger partial charge in [-0.05, 0) is 25.7 Å². The van der Waals surface area contributed by atoms with E-state index in [9.17, 15) is 24.3 Å². The average molecular weight is 471 g/mol. The van der Waals surface area contributed by atoms with E-state index in [1.807, 2.05) is 0 Å². The van der Waals surface area contributed by atoms with Gasteiger partial charge in [-0.1, -0.05) is 0 Å². The lowest BCUT2D eigenvalue weighted by atomic mass is 9.96. The molecule has 0 aromatic carbocycles. The lowest BCUT2D eigenvalue weighted by Crippen LogP contribution is -2.43. The summed E-state index contributed by atoms with van der Waals surface area (Å²) in [6.07, 6.45) is 2.14. The minimum Gasteiger partial charge on any atom is -0.503 e. The topological polar surface area (TPSA) is 240 Å². The molecule has 1 heterocycles. The predicted octanol–water partition coefficient (Wildman–Crippen LogP) is -1.90. The van der Waals surface area contributed by atoms with E-state index >= 15 is 0 Å². The van der Waals surface area contributed by atoms with Gasteiger partial charge in [-0.2, -0.15) is 4.57 Å². The monoisotopic (exact) mass is 471 g/mol. The van der Waals surface area contributed by atoms with E-state index in [-0.39, 0.29) is 50.0 Å². The lowest BCUT2D eigenvalue weighted by molar-refractivity contribution is -0.704. The van der Waals surface area contributed by atoms with Crippen molar-refractivity contribution in [2.75, 3.05) is 0 Å². The van der Waals surface area contributed by atoms with Gasteiger partial charge in [-0.3, -0.25) is 19.2 Å². The predicted molar refractivity (Wildman–Crippen MR) is 112 cm³/mol. The number of aromatic hydroxyl groups is 1. The highest BCUT2D eigenvalue weighted by Gasteiger charge is 2.26. The highest BCUT2D eigenvalue weighted by atomic mass is 16.5. The average Bonchev–Trinajstić information content (AvgIpc) is 2.71. The van der Waals surface area contributed by atoms with Crippen LogP contribution in [0.4, 0.5) is 0 Å². The number of rotatable bonds is 14. The number of aromatic nitrogens is 1. The van der Waals surface area contributed by atoms with Crippen molar-refractivity contribution in [2.45, 2.75) is 69.8 Å². The molecule has 0 fully saturated rings. The third-order valence-electron chi connectivity index (χ3n) is 4.95. The summed E-state index contributed by atoms with van der Waals surface area (Å²) in [5, 5.41) is 37.6. The van der Waals surface area contributed by atoms with Crippen molar-refractivity contribution >= 4 is 23.9 Å². The number of hydrogen-bond donors (Lipinski definition) is 7. The molecular formula is C20H31N4O9+. The fourth-order valence-electron chi connectivity index (χ4n) is 3.16. The Morgan fingerprint density at radius 2 is 1.45 bits per heavy atom. The van der Waals surface area contributed by atoms with Gasteiger partial charge in [0.1, 0.15) is 18.1 Å². The quantitative estimate of drug-likeness (QED) is 0.116. The minimum absolute atomic E-state index is 0.00886. The molecular weight excluding hydrogens is 440 g/mol. The van der Waals surface area contributed by atoms with Gasteiger partial charge in [-0.15, -0.1) is 0 Å². The molecule has 1 aromatic rings. The summed E-state index contributed by atoms with van der Waals surface area (Å²) in [6, 6.07) is -3.62. The smallest absolute Gasteiger partial charge is 0.320 e. The van der Waals surface area contributed by atoms with E-state index in [1.165, 1.54) is 17.7 Å². The fraction of sp³-hybridized carbons (Fsp3) is 0.550. The Labute approximate surface area is 189 Å². The zero-order chi connectivity index (χ0) is 25.3. The summed E-state index contributed by atoms with van der Waals surface area (Å²) in [7, 11) is 0. The van der Waals surface area contributed by atoms with Crippen molar-refractivity contribution in [2.24, 2.45) is 17.2 Å². The molecule has 0 saturated carbocycles. The van der Waals surface area contributed by atoms with Crippen molar-refractivity contribution in [1.29, 1.82) is 0 Å². The molecule has 0 spiro atoms. The number of aliphatic carboxylic acids is 3. The Bertz CT molecular complexity index is 877. The van der Waals surface area contributed by atoms with Crippen LogP contribution in [-0.2, 0) is 43.3 Å². The van der Waals surface area contributed by atoms with Crippen LogP contribution in [0.2, 0.25) is 0 Å². The Balaban J connectivity index is 3.21. The third kappa shape index (κ3) is 9.39. The number of ether oxygens (including phenoxy) is 1. The van der Waals surface area contributed by atoms with Crippen LogP contribution in [0.25, 0.3) is 0 Å². The lowest BCUT2D eigenvalue weighted by Gasteiger charge is -2.17. The van der Waals surface area contributed by atoms with Gasteiger partial charge in [-0.25, -0.2) is 0 Å². The number of pyridine rings is 1. The maximum absolute atomic E-state index is 11.5. The van der Waals surface area contributed by atoms with Gasteiger partial charge in [0.05, 0.1) is 0 Å². The van der Waals surface area contributed by atoms with Gasteiger partial charge >= 0.3 is 23.9 Å². The first-order valence-electron chi connectivity index (χ1n) is 10.2. The van der Waals surface area contributed by atoms with Crippen molar-refractivity contribution in [1.82, 2.24) is 0 Å². The number of carboxylic acids is 3. The van der Waals surface area contributed by atoms with Crippen LogP contribution in [0.1, 0.15) is 37.3 Å². The highest BCUT2D eigenvalue weighted by molar-refractivity contribution is 5.74. The van der Waals surface area contributed by atoms with Crippen LogP contribution in [0.3, 0.4) is 0 Å². The number of carboxylic acid groups (broad SMARTS) is 3. The number of carbonyl (C=O) groups is 4. The van der Waals surface area contributed by atoms with E-state index in [0.29, 0.717) is 5.56 Å². The zero-order valence-electron chi connectivity index (χ0n) is 18.2. The molecule has 184 valence electrons. The number of carbonyl (C=O) groups excluding carboxylic acids is 1. The summed E-state index contributed by atoms with van der Waals surface area (Å²) in [6.45, 7) is 1.23. The van der Waals surface area contributed by atoms with E-state index in [1.54, 1.807) is 6.20 Å². The molecule has 33 heavy (non-hydrogen) atoms. The van der Waals surface area contributed by atoms with E-state index in [0.717, 1.165) is 0 Å². The van der Waals surface area contributed by atoms with Gasteiger partial charge < -0.3 is 42.4 Å². The van der Waals surface area contributed by atoms with Crippen molar-refractivity contribution < 1.29 is 48.9 Å². The Kier molecular flexibility index (Phi) is 10.7. The summed E-state index contributed by atoms with van der Waals surface area (Å²) < 4.78 is 6.71. The van der Waals surface area contributed by atoms with Crippen LogP contribution < -0.4 is 21.8 Å². The van der Waals surface area contributed by atoms with Gasteiger partial charge in [0.2, 0.25) is 6.20 Å². The first-order valence-corrected chi connectivity index (χ1v) is 10.2. The number of nitrogens with two attached hydrogens (primary N) is 3. The highest BCUT2D eigenvalue weighted by Crippen LogP contribution is 2.22. The van der Waals surface area contributed by atoms with Crippen molar-refractivity contribution in [3.05, 3.63) is 23.5 Å². The fourth-order valence-corrected chi connectivity index (χ4v) is 3.16. The number of aryl methyl sites for hydroxylation is 1. The van der Waals surface area contributed by atoms with Crippen LogP contribution in [0.5, 0.6) is 5.75 Å². The Morgan fingerprint density at radius 3 is 1.97 bits per heavy atom. The molecule has 0 aliphatic carbocycles. The normalized spacial score (nSPS) is 14.7. The molecule has 10 N–H and O–H groups in total. The van der Waals surface area contributed by atoms with E-state index in [2.05, 4.69) is 0 Å². The van der Waals surface area contributed by atoms with Crippen LogP contribution in [-0.4, -0.2) is 68.5 Å². The van der Waals surface area contributed by atoms with E-state index < -0.39 is 48.1 Å². The molecule has 1 rings (SSSR count). The standard InChI is InChI=1S/C20H30N4O9/c1-10(25)33-12(3-5-15(22)19(29)30)8-24-7-11(2-4-14(21)18(27)28)13(17(26)9-24)6-16(23)20(31)32/h7,9,12,14-16H,2-6,8,21-23H2,1H3,(H3-,26,27,28,29,30,31,32)/p+1. The summed E-state index contributed by atoms with van der Waals surface area (Å²) in [5.41, 5.74) is 17.3. The second-order valence-corrected chi connectivity index (χ2v) is 7.73. The second-order valence-electron chi connectivity index (χ2n) is 7.73. The molecule has 4 unspecified atom stereocenters. The molecule has 0 bridgehead atoms. The van der Waals surface area contributed by atoms with E-state index in [4.69, 9.17) is 37.3 Å². The number of hydrogen-bond acceptors (Lipinski definition) is 9. The summed E-state index contributed by atoms with van der Waals surface area (Å²) in [4.78, 5) is 44.6. The molecule has 0 aliphatic rings. The molecule has 0 aliphatic heterocycles. The SMILES string of the molecule is CC(=O)OC(CCC(N)C(=O)O)C[n+]1cc(O)c(CC(N)C(=O)O)c(CCC(N)C(=O)O)c1. The first kappa shape index (κ1) is 27.7. The zero-order valence-corrected chi connectivity index (χ0v) is 18.2. The van der Waals surface area contributed by atoms with Crippen molar-refractivity contribution in [3.8, 4) is 5.75 Å². The van der Waals surface area contributed by atoms with Crippen molar-refractivity contribution in [3.63, 3.8) is 0 Å². The molecule has 1 aromatic heterocycles. The molecule has 0 radical (unpaired) electrons. The number of nitrogens with zero attached hydrogens (tertiary/aromatic N) is 1. The van der Waals surface area contributed by atoms with Gasteiger partial charge in [0.15, 0.2) is 24.6 Å². The first-order chi connectivity index (χ1) is 15.3. The molecule has 13 heteroatoms. The molecule has 0 saturated heterocycles. The molecule has 0 amide bonds. The van der Waals surface area contributed by atoms with Crippen LogP contribution >= 0.6 is 0 Å². The maximum Gasteiger partial charge on any atom is 0.320 e. The second kappa shape index (κ2) is 12.7. The van der Waals surface area contributed by atoms with Gasteiger partial charge in [0.25, 0.3) is 0 Å². The van der Waals surface area contributed by atoms with Crippen LogP contribution in [0, 0.1) is 0 Å². The largest absolute Gasteiger partial charge is 0.503 e. The Hall–Kier alpha value is -3.29. The maximum atomic E-state index is 11.5. The summed E-state index contributed by atoms with van der Waals surface area (Å²) in [5.74, 6) is -4.55. The molecule has 13 nitrogen and oxygen atoms in total. The summed E-state index contributed by atoms with van der Waals surface area (Å²) >= 11 is 0. The third-order valence-corrected chi connectivity index (χ3v) is 4.95. The van der Waals surface area contributed by atoms with Crippen LogP contribution in [0.15, 0.2) is 12.4 Å². The number of esters is 1. The van der Waals surface area contributed by atoms with Gasteiger partial charge in [0, 0.05) is 24.5 Å². The molecule has 4 atom stereocenters. The Morgan fingerprint density at radius 1 is 0.909 bits per heavy atom.